The number of carbonyl (C=O) groups excluding carboxylic acids is 1. The molecule has 0 unspecified atom stereocenters. The average Bonchev–Trinajstić information content (AvgIpc) is 3.51. The second kappa shape index (κ2) is 9.50. The summed E-state index contributed by atoms with van der Waals surface area (Å²) in [7, 11) is 0. The van der Waals surface area contributed by atoms with E-state index in [-0.39, 0.29) is 11.7 Å². The molecule has 3 aromatic rings. The predicted octanol–water partition coefficient (Wildman–Crippen LogP) is 3.71. The van der Waals surface area contributed by atoms with E-state index in [1.54, 1.807) is 11.1 Å². The third-order valence-corrected chi connectivity index (χ3v) is 6.33. The molecule has 168 valence electrons. The van der Waals surface area contributed by atoms with E-state index in [0.29, 0.717) is 42.2 Å². The minimum absolute atomic E-state index is 0.0631. The minimum atomic E-state index is -0.394. The van der Waals surface area contributed by atoms with E-state index in [2.05, 4.69) is 21.9 Å². The molecule has 33 heavy (non-hydrogen) atoms. The molecule has 0 saturated heterocycles. The third-order valence-electron chi connectivity index (χ3n) is 5.38. The summed E-state index contributed by atoms with van der Waals surface area (Å²) in [5.74, 6) is 2.18. The number of nitrogens with zero attached hydrogens (tertiary/aromatic N) is 5. The van der Waals surface area contributed by atoms with E-state index in [4.69, 9.17) is 9.47 Å². The first kappa shape index (κ1) is 21.3. The van der Waals surface area contributed by atoms with Crippen LogP contribution in [0.1, 0.15) is 23.9 Å². The number of hydrogen-bond acceptors (Lipinski definition) is 7. The highest BCUT2D eigenvalue weighted by molar-refractivity contribution is 7.99. The van der Waals surface area contributed by atoms with Gasteiger partial charge in [-0.15, -0.1) is 16.8 Å². The summed E-state index contributed by atoms with van der Waals surface area (Å²) in [6.07, 6.45) is 2.12. The van der Waals surface area contributed by atoms with Crippen LogP contribution >= 0.6 is 11.8 Å². The highest BCUT2D eigenvalue weighted by Gasteiger charge is 2.29. The second-order valence-corrected chi connectivity index (χ2v) is 8.52. The Hall–Kier alpha value is -3.59. The summed E-state index contributed by atoms with van der Waals surface area (Å²) in [6.45, 7) is 5.26. The lowest BCUT2D eigenvalue weighted by molar-refractivity contribution is -0.127. The fraction of sp³-hybridized carbons (Fsp3) is 0.250. The van der Waals surface area contributed by atoms with Crippen molar-refractivity contribution in [2.24, 2.45) is 5.10 Å². The number of fused-ring (bicyclic) bond motifs is 1. The Morgan fingerprint density at radius 2 is 1.91 bits per heavy atom. The van der Waals surface area contributed by atoms with Gasteiger partial charge in [0.25, 0.3) is 5.91 Å². The fourth-order valence-corrected chi connectivity index (χ4v) is 4.59. The van der Waals surface area contributed by atoms with Crippen molar-refractivity contribution >= 4 is 23.4 Å². The van der Waals surface area contributed by atoms with E-state index < -0.39 is 6.10 Å². The Kier molecular flexibility index (Phi) is 6.12. The Balaban J connectivity index is 1.27. The van der Waals surface area contributed by atoms with Crippen LogP contribution in [0, 0.1) is 0 Å². The summed E-state index contributed by atoms with van der Waals surface area (Å²) in [4.78, 5) is 12.8. The van der Waals surface area contributed by atoms with Crippen molar-refractivity contribution in [3.05, 3.63) is 78.6 Å². The van der Waals surface area contributed by atoms with Crippen molar-refractivity contribution in [3.8, 4) is 11.5 Å². The molecule has 5 rings (SSSR count). The zero-order valence-corrected chi connectivity index (χ0v) is 18.8. The van der Waals surface area contributed by atoms with Crippen LogP contribution in [-0.2, 0) is 11.3 Å². The van der Waals surface area contributed by atoms with Gasteiger partial charge in [0.15, 0.2) is 28.6 Å². The number of hydrazone groups is 1. The van der Waals surface area contributed by atoms with Crippen LogP contribution in [0.3, 0.4) is 0 Å². The quantitative estimate of drug-likeness (QED) is 0.394. The first-order chi connectivity index (χ1) is 16.2. The molecule has 0 aliphatic carbocycles. The molecule has 0 saturated carbocycles. The average molecular weight is 462 g/mol. The van der Waals surface area contributed by atoms with E-state index in [9.17, 15) is 4.79 Å². The normalized spacial score (nSPS) is 17.0. The molecule has 0 spiro atoms. The van der Waals surface area contributed by atoms with Crippen LogP contribution < -0.4 is 9.47 Å². The Labute approximate surface area is 195 Å². The molecule has 9 heteroatoms. The molecule has 0 radical (unpaired) electrons. The van der Waals surface area contributed by atoms with Gasteiger partial charge in [-0.25, -0.2) is 5.01 Å². The number of carbonyl (C=O) groups is 1. The Morgan fingerprint density at radius 1 is 1.12 bits per heavy atom. The van der Waals surface area contributed by atoms with Crippen LogP contribution in [0.25, 0.3) is 0 Å². The summed E-state index contributed by atoms with van der Waals surface area (Å²) >= 11 is 1.33. The molecule has 2 aliphatic heterocycles. The number of para-hydroxylation sites is 2. The molecule has 1 atom stereocenters. The summed E-state index contributed by atoms with van der Waals surface area (Å²) < 4.78 is 13.8. The zero-order valence-electron chi connectivity index (χ0n) is 18.0. The second-order valence-electron chi connectivity index (χ2n) is 7.57. The van der Waals surface area contributed by atoms with Gasteiger partial charge in [-0.1, -0.05) is 60.3 Å². The molecule has 0 fully saturated rings. The first-order valence-electron chi connectivity index (χ1n) is 10.7. The maximum absolute atomic E-state index is 12.8. The van der Waals surface area contributed by atoms with E-state index >= 15 is 0 Å². The molecule has 8 nitrogen and oxygen atoms in total. The monoisotopic (exact) mass is 461 g/mol. The van der Waals surface area contributed by atoms with Gasteiger partial charge >= 0.3 is 0 Å². The van der Waals surface area contributed by atoms with Crippen LogP contribution in [0.15, 0.2) is 77.5 Å². The van der Waals surface area contributed by atoms with Crippen molar-refractivity contribution in [2.45, 2.75) is 24.2 Å². The minimum Gasteiger partial charge on any atom is -0.485 e. The largest absolute Gasteiger partial charge is 0.485 e. The predicted molar refractivity (Wildman–Crippen MR) is 126 cm³/mol. The Bertz CT molecular complexity index is 1190. The molecule has 3 heterocycles. The SMILES string of the molecule is C=CCn1c(SCC(=O)N2CCC(c3ccccc3)=N2)nnc1[C@H]1COc2ccccc2O1. The number of hydrogen-bond donors (Lipinski definition) is 0. The maximum Gasteiger partial charge on any atom is 0.253 e. The molecule has 1 amide bonds. The zero-order chi connectivity index (χ0) is 22.6. The number of ether oxygens (including phenoxy) is 2. The van der Waals surface area contributed by atoms with Gasteiger partial charge in [0, 0.05) is 13.0 Å². The number of benzene rings is 2. The molecule has 2 aromatic carbocycles. The van der Waals surface area contributed by atoms with Gasteiger partial charge in [-0.2, -0.15) is 5.10 Å². The smallest absolute Gasteiger partial charge is 0.253 e. The van der Waals surface area contributed by atoms with E-state index in [0.717, 1.165) is 17.7 Å². The summed E-state index contributed by atoms with van der Waals surface area (Å²) in [5, 5.41) is 15.4. The number of allylic oxidation sites excluding steroid dienone is 1. The maximum atomic E-state index is 12.8. The van der Waals surface area contributed by atoms with Crippen LogP contribution in [0.2, 0.25) is 0 Å². The van der Waals surface area contributed by atoms with Crippen molar-refractivity contribution < 1.29 is 14.3 Å². The molecular weight excluding hydrogens is 438 g/mol. The topological polar surface area (TPSA) is 81.8 Å². The molecule has 2 aliphatic rings. The number of rotatable bonds is 7. The molecule has 1 aromatic heterocycles. The highest BCUT2D eigenvalue weighted by Crippen LogP contribution is 2.36. The van der Waals surface area contributed by atoms with Crippen LogP contribution in [-0.4, -0.2) is 50.3 Å². The van der Waals surface area contributed by atoms with Crippen molar-refractivity contribution in [1.29, 1.82) is 0 Å². The standard InChI is InChI=1S/C24H23N5O3S/c1-2-13-28-23(21-15-31-19-10-6-7-11-20(19)32-21)25-26-24(28)33-16-22(30)29-14-12-18(27-29)17-8-4-3-5-9-17/h2-11,21H,1,12-16H2/t21-/m1/s1. The molecular formula is C24H23N5O3S. The van der Waals surface area contributed by atoms with Gasteiger partial charge in [-0.05, 0) is 17.7 Å². The van der Waals surface area contributed by atoms with Gasteiger partial charge in [0.05, 0.1) is 18.0 Å². The fourth-order valence-electron chi connectivity index (χ4n) is 3.76. The Morgan fingerprint density at radius 3 is 2.73 bits per heavy atom. The van der Waals surface area contributed by atoms with Crippen molar-refractivity contribution in [1.82, 2.24) is 19.8 Å². The lowest BCUT2D eigenvalue weighted by Gasteiger charge is -2.26. The summed E-state index contributed by atoms with van der Waals surface area (Å²) in [5.41, 5.74) is 1.98. The van der Waals surface area contributed by atoms with Crippen molar-refractivity contribution in [3.63, 3.8) is 0 Å². The molecule has 0 bridgehead atoms. The lowest BCUT2D eigenvalue weighted by Crippen LogP contribution is -2.26. The highest BCUT2D eigenvalue weighted by atomic mass is 32.2. The third kappa shape index (κ3) is 4.49. The van der Waals surface area contributed by atoms with E-state index in [1.807, 2.05) is 59.2 Å². The molecule has 0 N–H and O–H groups in total. The number of amides is 1. The summed E-state index contributed by atoms with van der Waals surface area (Å²) in [6, 6.07) is 17.5. The number of thioether (sulfide) groups is 1. The van der Waals surface area contributed by atoms with Gasteiger partial charge in [0.2, 0.25) is 0 Å². The first-order valence-corrected chi connectivity index (χ1v) is 11.7. The van der Waals surface area contributed by atoms with Gasteiger partial charge in [0.1, 0.15) is 6.61 Å². The van der Waals surface area contributed by atoms with Crippen LogP contribution in [0.4, 0.5) is 0 Å². The van der Waals surface area contributed by atoms with Gasteiger partial charge < -0.3 is 9.47 Å². The van der Waals surface area contributed by atoms with Crippen LogP contribution in [0.5, 0.6) is 11.5 Å². The van der Waals surface area contributed by atoms with E-state index in [1.165, 1.54) is 11.8 Å². The van der Waals surface area contributed by atoms with Gasteiger partial charge in [-0.3, -0.25) is 9.36 Å². The van der Waals surface area contributed by atoms with Crippen molar-refractivity contribution in [2.75, 3.05) is 18.9 Å². The lowest BCUT2D eigenvalue weighted by atomic mass is 10.1. The number of aromatic nitrogens is 3.